The van der Waals surface area contributed by atoms with Crippen LogP contribution in [0.1, 0.15) is 44.9 Å². The standard InChI is InChI=1S/C16H30N4/c1-19(2)10-5-11-20(3)15-6-4-9-16(12-15,13-17)18-14-7-8-14/h14-15,18H,4-12H2,1-3H3. The molecule has 4 heteroatoms. The first-order valence-electron chi connectivity index (χ1n) is 8.08. The third-order valence-corrected chi connectivity index (χ3v) is 4.74. The van der Waals surface area contributed by atoms with Crippen LogP contribution in [0.3, 0.4) is 0 Å². The highest BCUT2D eigenvalue weighted by atomic mass is 15.2. The van der Waals surface area contributed by atoms with E-state index in [0.717, 1.165) is 25.9 Å². The van der Waals surface area contributed by atoms with Gasteiger partial charge in [0.05, 0.1) is 6.07 Å². The summed E-state index contributed by atoms with van der Waals surface area (Å²) in [7, 11) is 6.48. The van der Waals surface area contributed by atoms with Crippen molar-refractivity contribution in [3.05, 3.63) is 0 Å². The summed E-state index contributed by atoms with van der Waals surface area (Å²) in [5.41, 5.74) is -0.250. The Bertz CT molecular complexity index is 345. The molecule has 0 aromatic heterocycles. The third-order valence-electron chi connectivity index (χ3n) is 4.74. The molecule has 2 unspecified atom stereocenters. The topological polar surface area (TPSA) is 42.3 Å². The van der Waals surface area contributed by atoms with Gasteiger partial charge in [0.25, 0.3) is 0 Å². The monoisotopic (exact) mass is 278 g/mol. The van der Waals surface area contributed by atoms with Crippen LogP contribution in [0.15, 0.2) is 0 Å². The molecular weight excluding hydrogens is 248 g/mol. The molecule has 0 saturated heterocycles. The van der Waals surface area contributed by atoms with Crippen molar-refractivity contribution in [1.29, 1.82) is 5.26 Å². The maximum absolute atomic E-state index is 9.63. The zero-order chi connectivity index (χ0) is 14.6. The maximum atomic E-state index is 9.63. The zero-order valence-electron chi connectivity index (χ0n) is 13.4. The molecule has 114 valence electrons. The Morgan fingerprint density at radius 1 is 1.20 bits per heavy atom. The summed E-state index contributed by atoms with van der Waals surface area (Å²) in [4.78, 5) is 4.71. The van der Waals surface area contributed by atoms with Gasteiger partial charge in [0.15, 0.2) is 0 Å². The second-order valence-corrected chi connectivity index (χ2v) is 7.00. The predicted octanol–water partition coefficient (Wildman–Crippen LogP) is 1.83. The van der Waals surface area contributed by atoms with E-state index in [9.17, 15) is 5.26 Å². The second kappa shape index (κ2) is 6.89. The maximum Gasteiger partial charge on any atom is 0.108 e. The molecule has 0 bridgehead atoms. The number of nitrogens with one attached hydrogen (secondary N) is 1. The molecule has 0 aliphatic heterocycles. The molecule has 0 radical (unpaired) electrons. The van der Waals surface area contributed by atoms with E-state index in [0.29, 0.717) is 12.1 Å². The van der Waals surface area contributed by atoms with Crippen molar-refractivity contribution in [3.8, 4) is 6.07 Å². The lowest BCUT2D eigenvalue weighted by molar-refractivity contribution is 0.139. The predicted molar refractivity (Wildman–Crippen MR) is 82.6 cm³/mol. The van der Waals surface area contributed by atoms with E-state index < -0.39 is 0 Å². The van der Waals surface area contributed by atoms with E-state index in [2.05, 4.69) is 42.3 Å². The number of rotatable bonds is 7. The lowest BCUT2D eigenvalue weighted by Gasteiger charge is -2.40. The molecule has 0 aromatic rings. The molecule has 2 aliphatic carbocycles. The van der Waals surface area contributed by atoms with E-state index >= 15 is 0 Å². The Labute approximate surface area is 124 Å². The van der Waals surface area contributed by atoms with Crippen molar-refractivity contribution in [2.45, 2.75) is 62.6 Å². The van der Waals surface area contributed by atoms with Gasteiger partial charge in [-0.15, -0.1) is 0 Å². The molecule has 0 heterocycles. The fraction of sp³-hybridized carbons (Fsp3) is 0.938. The van der Waals surface area contributed by atoms with E-state index in [1.54, 1.807) is 0 Å². The highest BCUT2D eigenvalue weighted by molar-refractivity contribution is 5.13. The Hall–Kier alpha value is -0.630. The number of hydrogen-bond acceptors (Lipinski definition) is 4. The summed E-state index contributed by atoms with van der Waals surface area (Å²) in [6.07, 6.45) is 8.17. The average molecular weight is 278 g/mol. The Kier molecular flexibility index (Phi) is 5.42. The largest absolute Gasteiger partial charge is 0.309 e. The fourth-order valence-corrected chi connectivity index (χ4v) is 3.32. The van der Waals surface area contributed by atoms with Crippen LogP contribution in [-0.4, -0.2) is 61.7 Å². The molecule has 20 heavy (non-hydrogen) atoms. The van der Waals surface area contributed by atoms with Crippen molar-refractivity contribution in [2.75, 3.05) is 34.2 Å². The van der Waals surface area contributed by atoms with Crippen LogP contribution in [0, 0.1) is 11.3 Å². The summed E-state index contributed by atoms with van der Waals surface area (Å²) in [5, 5.41) is 13.2. The van der Waals surface area contributed by atoms with E-state index in [1.807, 2.05) is 0 Å². The molecule has 2 atom stereocenters. The second-order valence-electron chi connectivity index (χ2n) is 7.00. The van der Waals surface area contributed by atoms with Crippen LogP contribution < -0.4 is 5.32 Å². The molecule has 2 rings (SSSR count). The Morgan fingerprint density at radius 3 is 2.55 bits per heavy atom. The van der Waals surface area contributed by atoms with Crippen LogP contribution in [0.4, 0.5) is 0 Å². The van der Waals surface area contributed by atoms with Crippen LogP contribution in [0.5, 0.6) is 0 Å². The molecule has 2 aliphatic rings. The minimum absolute atomic E-state index is 0.250. The first-order valence-corrected chi connectivity index (χ1v) is 8.08. The SMILES string of the molecule is CN(C)CCCN(C)C1CCCC(C#N)(NC2CC2)C1. The Morgan fingerprint density at radius 2 is 1.95 bits per heavy atom. The highest BCUT2D eigenvalue weighted by Gasteiger charge is 2.41. The lowest BCUT2D eigenvalue weighted by atomic mass is 9.79. The van der Waals surface area contributed by atoms with Crippen molar-refractivity contribution in [3.63, 3.8) is 0 Å². The van der Waals surface area contributed by atoms with Gasteiger partial charge in [-0.1, -0.05) is 0 Å². The first-order chi connectivity index (χ1) is 9.54. The molecule has 0 aromatic carbocycles. The lowest BCUT2D eigenvalue weighted by Crippen LogP contribution is -2.53. The van der Waals surface area contributed by atoms with Crippen LogP contribution in [0.25, 0.3) is 0 Å². The van der Waals surface area contributed by atoms with Gasteiger partial charge in [-0.05, 0) is 79.2 Å². The van der Waals surface area contributed by atoms with Crippen LogP contribution >= 0.6 is 0 Å². The molecule has 4 nitrogen and oxygen atoms in total. The Balaban J connectivity index is 1.83. The molecule has 0 amide bonds. The van der Waals surface area contributed by atoms with Gasteiger partial charge in [0.1, 0.15) is 5.54 Å². The molecule has 2 saturated carbocycles. The van der Waals surface area contributed by atoms with Gasteiger partial charge >= 0.3 is 0 Å². The van der Waals surface area contributed by atoms with E-state index in [4.69, 9.17) is 0 Å². The van der Waals surface area contributed by atoms with Crippen molar-refractivity contribution in [1.82, 2.24) is 15.1 Å². The highest BCUT2D eigenvalue weighted by Crippen LogP contribution is 2.34. The molecule has 0 spiro atoms. The number of nitriles is 1. The summed E-state index contributed by atoms with van der Waals surface area (Å²) in [6.45, 7) is 2.27. The van der Waals surface area contributed by atoms with Gasteiger partial charge in [-0.2, -0.15) is 5.26 Å². The minimum atomic E-state index is -0.250. The summed E-state index contributed by atoms with van der Waals surface area (Å²) in [6, 6.07) is 3.79. The summed E-state index contributed by atoms with van der Waals surface area (Å²) < 4.78 is 0. The van der Waals surface area contributed by atoms with E-state index in [1.165, 1.54) is 32.1 Å². The van der Waals surface area contributed by atoms with E-state index in [-0.39, 0.29) is 5.54 Å². The third kappa shape index (κ3) is 4.44. The summed E-state index contributed by atoms with van der Waals surface area (Å²) >= 11 is 0. The van der Waals surface area contributed by atoms with Gasteiger partial charge in [-0.25, -0.2) is 0 Å². The zero-order valence-corrected chi connectivity index (χ0v) is 13.4. The van der Waals surface area contributed by atoms with Gasteiger partial charge < -0.3 is 9.80 Å². The van der Waals surface area contributed by atoms with Gasteiger partial charge in [0, 0.05) is 12.1 Å². The van der Waals surface area contributed by atoms with Gasteiger partial charge in [0.2, 0.25) is 0 Å². The normalized spacial score (nSPS) is 30.7. The first kappa shape index (κ1) is 15.8. The van der Waals surface area contributed by atoms with Crippen molar-refractivity contribution < 1.29 is 0 Å². The van der Waals surface area contributed by atoms with Crippen molar-refractivity contribution >= 4 is 0 Å². The smallest absolute Gasteiger partial charge is 0.108 e. The molecular formula is C16H30N4. The van der Waals surface area contributed by atoms with Crippen LogP contribution in [-0.2, 0) is 0 Å². The van der Waals surface area contributed by atoms with Gasteiger partial charge in [-0.3, -0.25) is 5.32 Å². The number of hydrogen-bond donors (Lipinski definition) is 1. The summed E-state index contributed by atoms with van der Waals surface area (Å²) in [5.74, 6) is 0. The number of nitrogens with zero attached hydrogens (tertiary/aromatic N) is 3. The molecule has 1 N–H and O–H groups in total. The van der Waals surface area contributed by atoms with Crippen molar-refractivity contribution in [2.24, 2.45) is 0 Å². The molecule has 2 fully saturated rings. The quantitative estimate of drug-likeness (QED) is 0.771. The fourth-order valence-electron chi connectivity index (χ4n) is 3.32. The average Bonchev–Trinajstić information content (AvgIpc) is 3.22. The van der Waals surface area contributed by atoms with Crippen LogP contribution in [0.2, 0.25) is 0 Å². The minimum Gasteiger partial charge on any atom is -0.309 e.